The first kappa shape index (κ1) is 47.4. The lowest BCUT2D eigenvalue weighted by Gasteiger charge is -2.22. The van der Waals surface area contributed by atoms with E-state index in [1.54, 1.807) is 48.1 Å². The zero-order valence-corrected chi connectivity index (χ0v) is 38.1. The maximum Gasteiger partial charge on any atom is 0.172 e. The molecular weight excluding hydrogens is 681 g/mol. The number of aryl methyl sites for hydroxylation is 6. The molecule has 0 amide bonds. The smallest absolute Gasteiger partial charge is 0.0654 e. The first-order chi connectivity index (χ1) is 27.1. The molecule has 0 fully saturated rings. The van der Waals surface area contributed by atoms with E-state index in [9.17, 15) is 0 Å². The summed E-state index contributed by atoms with van der Waals surface area (Å²) in [6.45, 7) is 14.1. The van der Waals surface area contributed by atoms with Gasteiger partial charge in [0.1, 0.15) is 10.9 Å². The molecule has 3 aromatic rings. The Morgan fingerprint density at radius 1 is 0.309 bits per heavy atom. The van der Waals surface area contributed by atoms with Crippen LogP contribution in [0.3, 0.4) is 0 Å². The molecule has 3 aromatic carbocycles. The van der Waals surface area contributed by atoms with E-state index in [1.807, 2.05) is 0 Å². The SMILES string of the molecule is CCCCCCc1cc(CCCCCC)c([S+](c2ccccc2)c2c(CCCCCC)cc(CCCCCC)cc2CCCCCC)c(CCCCCC)c1. The molecule has 3 rings (SSSR count). The highest BCUT2D eigenvalue weighted by atomic mass is 32.2. The largest absolute Gasteiger partial charge is 0.172 e. The van der Waals surface area contributed by atoms with Crippen LogP contribution in [0, 0.1) is 0 Å². The fourth-order valence-electron chi connectivity index (χ4n) is 8.58. The Morgan fingerprint density at radius 3 is 0.855 bits per heavy atom. The van der Waals surface area contributed by atoms with Crippen molar-refractivity contribution in [1.82, 2.24) is 0 Å². The van der Waals surface area contributed by atoms with Crippen LogP contribution in [0.2, 0.25) is 0 Å². The molecule has 0 bridgehead atoms. The lowest BCUT2D eigenvalue weighted by atomic mass is 9.94. The van der Waals surface area contributed by atoms with E-state index in [4.69, 9.17) is 0 Å². The van der Waals surface area contributed by atoms with Gasteiger partial charge in [-0.2, -0.15) is 0 Å². The van der Waals surface area contributed by atoms with Crippen molar-refractivity contribution < 1.29 is 0 Å². The summed E-state index contributed by atoms with van der Waals surface area (Å²) in [6.07, 6.45) is 39.3. The van der Waals surface area contributed by atoms with Gasteiger partial charge in [0, 0.05) is 22.3 Å². The third-order valence-electron chi connectivity index (χ3n) is 11.8. The van der Waals surface area contributed by atoms with Gasteiger partial charge in [0.2, 0.25) is 0 Å². The van der Waals surface area contributed by atoms with Crippen LogP contribution < -0.4 is 0 Å². The average molecular weight is 768 g/mol. The van der Waals surface area contributed by atoms with Crippen LogP contribution in [0.25, 0.3) is 0 Å². The van der Waals surface area contributed by atoms with Crippen LogP contribution in [0.5, 0.6) is 0 Å². The quantitative estimate of drug-likeness (QED) is 0.0428. The van der Waals surface area contributed by atoms with Gasteiger partial charge in [-0.25, -0.2) is 0 Å². The molecule has 0 atom stereocenters. The minimum absolute atomic E-state index is 0.124. The highest BCUT2D eigenvalue weighted by molar-refractivity contribution is 7.97. The fraction of sp³-hybridized carbons (Fsp3) is 0.667. The molecule has 0 aliphatic rings. The molecule has 0 heterocycles. The van der Waals surface area contributed by atoms with Crippen molar-refractivity contribution in [3.05, 3.63) is 88.0 Å². The Morgan fingerprint density at radius 2 is 0.582 bits per heavy atom. The predicted molar refractivity (Wildman–Crippen MR) is 249 cm³/mol. The third kappa shape index (κ3) is 17.6. The van der Waals surface area contributed by atoms with Gasteiger partial charge in [-0.3, -0.25) is 0 Å². The number of rotatable bonds is 33. The van der Waals surface area contributed by atoms with Crippen molar-refractivity contribution >= 4 is 10.9 Å². The molecule has 308 valence electrons. The Bertz CT molecular complexity index is 1230. The highest BCUT2D eigenvalue weighted by Crippen LogP contribution is 2.42. The van der Waals surface area contributed by atoms with Gasteiger partial charge in [0.05, 0.1) is 0 Å². The van der Waals surface area contributed by atoms with Gasteiger partial charge in [0.25, 0.3) is 0 Å². The summed E-state index contributed by atoms with van der Waals surface area (Å²) in [4.78, 5) is 5.01. The second-order valence-corrected chi connectivity index (χ2v) is 18.9. The molecule has 0 N–H and O–H groups in total. The average Bonchev–Trinajstić information content (AvgIpc) is 3.20. The van der Waals surface area contributed by atoms with Crippen LogP contribution >= 0.6 is 0 Å². The summed E-state index contributed by atoms with van der Waals surface area (Å²) in [5, 5.41) is 0. The molecule has 0 nitrogen and oxygen atoms in total. The number of unbranched alkanes of at least 4 members (excludes halogenated alkanes) is 18. The zero-order valence-electron chi connectivity index (χ0n) is 37.3. The summed E-state index contributed by atoms with van der Waals surface area (Å²) in [5.74, 6) is 0. The van der Waals surface area contributed by atoms with Crippen molar-refractivity contribution in [3.63, 3.8) is 0 Å². The molecule has 0 radical (unpaired) electrons. The van der Waals surface area contributed by atoms with Crippen molar-refractivity contribution in [2.45, 2.75) is 249 Å². The van der Waals surface area contributed by atoms with Crippen molar-refractivity contribution in [2.24, 2.45) is 0 Å². The summed E-state index contributed by atoms with van der Waals surface area (Å²) < 4.78 is 0. The van der Waals surface area contributed by atoms with E-state index in [1.165, 1.54) is 193 Å². The molecule has 0 spiro atoms. The standard InChI is InChI=1S/C54H87S/c1-7-13-19-26-34-46-42-48(36-28-21-15-9-3)53(49(43-46)37-29-22-16-10-4)55(52-40-32-25-33-41-52)54-50(38-30-23-17-11-5)44-47(35-27-20-14-8-2)45-51(54)39-31-24-18-12-6/h25,32-33,40-45H,7-24,26-31,34-39H2,1-6H3/q+1. The van der Waals surface area contributed by atoms with Crippen molar-refractivity contribution in [3.8, 4) is 0 Å². The molecule has 0 aliphatic carbocycles. The van der Waals surface area contributed by atoms with Crippen LogP contribution in [0.15, 0.2) is 69.3 Å². The minimum atomic E-state index is -0.124. The lowest BCUT2D eigenvalue weighted by molar-refractivity contribution is 0.646. The van der Waals surface area contributed by atoms with Gasteiger partial charge >= 0.3 is 0 Å². The number of hydrogen-bond acceptors (Lipinski definition) is 0. The molecule has 0 unspecified atom stereocenters. The summed E-state index contributed by atoms with van der Waals surface area (Å²) >= 11 is 0. The number of hydrogen-bond donors (Lipinski definition) is 0. The first-order valence-electron chi connectivity index (χ1n) is 24.2. The molecule has 0 saturated carbocycles. The van der Waals surface area contributed by atoms with Crippen LogP contribution in [-0.2, 0) is 49.4 Å². The van der Waals surface area contributed by atoms with E-state index >= 15 is 0 Å². The van der Waals surface area contributed by atoms with Gasteiger partial charge in [0.15, 0.2) is 14.7 Å². The molecule has 0 saturated heterocycles. The van der Waals surface area contributed by atoms with E-state index in [0.29, 0.717) is 0 Å². The van der Waals surface area contributed by atoms with E-state index in [2.05, 4.69) is 96.1 Å². The first-order valence-corrected chi connectivity index (χ1v) is 25.4. The number of benzene rings is 3. The monoisotopic (exact) mass is 768 g/mol. The molecule has 1 heteroatoms. The van der Waals surface area contributed by atoms with Crippen LogP contribution in [0.1, 0.15) is 229 Å². The molecule has 0 aliphatic heterocycles. The predicted octanol–water partition coefficient (Wildman–Crippen LogP) is 17.5. The highest BCUT2D eigenvalue weighted by Gasteiger charge is 2.38. The van der Waals surface area contributed by atoms with Crippen molar-refractivity contribution in [1.29, 1.82) is 0 Å². The van der Waals surface area contributed by atoms with Crippen molar-refractivity contribution in [2.75, 3.05) is 0 Å². The van der Waals surface area contributed by atoms with Gasteiger partial charge in [-0.1, -0.05) is 200 Å². The van der Waals surface area contributed by atoms with Gasteiger partial charge in [-0.15, -0.1) is 0 Å². The van der Waals surface area contributed by atoms with E-state index < -0.39 is 0 Å². The van der Waals surface area contributed by atoms with E-state index in [0.717, 1.165) is 0 Å². The lowest BCUT2D eigenvalue weighted by Crippen LogP contribution is -2.17. The zero-order chi connectivity index (χ0) is 39.4. The summed E-state index contributed by atoms with van der Waals surface area (Å²) in [5.41, 5.74) is 10.0. The molecule has 55 heavy (non-hydrogen) atoms. The third-order valence-corrected chi connectivity index (χ3v) is 14.4. The van der Waals surface area contributed by atoms with Gasteiger partial charge in [-0.05, 0) is 100 Å². The Kier molecular flexibility index (Phi) is 26.0. The van der Waals surface area contributed by atoms with E-state index in [-0.39, 0.29) is 10.9 Å². The second kappa shape index (κ2) is 30.1. The Labute approximate surface area is 346 Å². The van der Waals surface area contributed by atoms with Crippen LogP contribution in [-0.4, -0.2) is 0 Å². The normalized spacial score (nSPS) is 11.6. The minimum Gasteiger partial charge on any atom is -0.0654 e. The molecular formula is C54H87S+. The van der Waals surface area contributed by atoms with Gasteiger partial charge < -0.3 is 0 Å². The summed E-state index contributed by atoms with van der Waals surface area (Å²) in [7, 11) is -0.124. The topological polar surface area (TPSA) is 0 Å². The van der Waals surface area contributed by atoms with Crippen LogP contribution in [0.4, 0.5) is 0 Å². The maximum atomic E-state index is 2.73. The second-order valence-electron chi connectivity index (χ2n) is 17.0. The maximum absolute atomic E-state index is 2.73. The molecule has 0 aromatic heterocycles. The summed E-state index contributed by atoms with van der Waals surface area (Å²) in [6, 6.07) is 22.9. The fourth-order valence-corrected chi connectivity index (χ4v) is 11.4. The Balaban J connectivity index is 2.36. The Hall–Kier alpha value is -1.99.